The van der Waals surface area contributed by atoms with Crippen LogP contribution in [0.1, 0.15) is 0 Å². The van der Waals surface area contributed by atoms with Crippen LogP contribution >= 0.6 is 11.1 Å². The third-order valence-corrected chi connectivity index (χ3v) is 131. The van der Waals surface area contributed by atoms with Crippen molar-refractivity contribution >= 4 is 54.0 Å². The zero-order valence-electron chi connectivity index (χ0n) is 16.4. The first-order valence-corrected chi connectivity index (χ1v) is 32.5. The van der Waals surface area contributed by atoms with Gasteiger partial charge in [0.15, 0.2) is 0 Å². The van der Waals surface area contributed by atoms with Crippen LogP contribution in [-0.2, 0) is 0 Å². The molecule has 0 heterocycles. The molecule has 0 atom stereocenters. The molecule has 0 saturated carbocycles. The molecule has 0 spiro atoms. The highest BCUT2D eigenvalue weighted by Crippen LogP contribution is 2.42. The van der Waals surface area contributed by atoms with Gasteiger partial charge in [-0.1, -0.05) is 85.1 Å². The normalized spacial score (nSPS) is 16.5. The predicted molar refractivity (Wildman–Crippen MR) is 117 cm³/mol. The molecular formula is C13H39ClSi6. The van der Waals surface area contributed by atoms with Crippen LogP contribution in [0.4, 0.5) is 0 Å². The highest BCUT2D eigenvalue weighted by molar-refractivity contribution is 7.99. The maximum absolute atomic E-state index is 7.06. The third-order valence-electron chi connectivity index (χ3n) is 8.05. The van der Waals surface area contributed by atoms with E-state index in [2.05, 4.69) is 85.1 Å². The lowest BCUT2D eigenvalue weighted by atomic mass is 11.8. The lowest BCUT2D eigenvalue weighted by Gasteiger charge is -2.60. The summed E-state index contributed by atoms with van der Waals surface area (Å²) in [4.78, 5) is 0. The summed E-state index contributed by atoms with van der Waals surface area (Å²) in [6.45, 7) is 33.1. The number of rotatable bonds is 5. The zero-order chi connectivity index (χ0) is 17.0. The topological polar surface area (TPSA) is 0 Å². The second-order valence-electron chi connectivity index (χ2n) is 10.2. The van der Waals surface area contributed by atoms with E-state index < -0.39 is 42.9 Å². The van der Waals surface area contributed by atoms with E-state index in [-0.39, 0.29) is 0 Å². The summed E-state index contributed by atoms with van der Waals surface area (Å²) in [5.41, 5.74) is 0. The Morgan fingerprint density at radius 1 is 0.400 bits per heavy atom. The van der Waals surface area contributed by atoms with Crippen molar-refractivity contribution < 1.29 is 0 Å². The molecule has 0 aliphatic carbocycles. The molecule has 0 bridgehead atoms. The van der Waals surface area contributed by atoms with Gasteiger partial charge in [0.25, 0.3) is 0 Å². The quantitative estimate of drug-likeness (QED) is 0.393. The fourth-order valence-electron chi connectivity index (χ4n) is 3.24. The number of halogens is 1. The van der Waals surface area contributed by atoms with E-state index in [4.69, 9.17) is 11.1 Å². The monoisotopic (exact) mass is 398 g/mol. The second kappa shape index (κ2) is 5.59. The van der Waals surface area contributed by atoms with Gasteiger partial charge in [0, 0.05) is 28.9 Å². The van der Waals surface area contributed by atoms with E-state index in [0.29, 0.717) is 0 Å². The Kier molecular flexibility index (Phi) is 6.04. The van der Waals surface area contributed by atoms with Crippen molar-refractivity contribution in [2.24, 2.45) is 0 Å². The Morgan fingerprint density at radius 3 is 0.850 bits per heavy atom. The first kappa shape index (κ1) is 21.6. The van der Waals surface area contributed by atoms with Crippen LogP contribution < -0.4 is 0 Å². The van der Waals surface area contributed by atoms with Gasteiger partial charge in [-0.25, -0.2) is 0 Å². The van der Waals surface area contributed by atoms with Gasteiger partial charge < -0.3 is 0 Å². The molecule has 122 valence electrons. The molecule has 0 radical (unpaired) electrons. The molecule has 0 amide bonds. The van der Waals surface area contributed by atoms with Crippen LogP contribution in [0.25, 0.3) is 0 Å². The van der Waals surface area contributed by atoms with Gasteiger partial charge in [-0.3, -0.25) is 0 Å². The average molecular weight is 399 g/mol. The van der Waals surface area contributed by atoms with Crippen LogP contribution in [0.15, 0.2) is 0 Å². The van der Waals surface area contributed by atoms with Crippen LogP contribution in [-0.4, -0.2) is 42.9 Å². The van der Waals surface area contributed by atoms with E-state index >= 15 is 0 Å². The van der Waals surface area contributed by atoms with Crippen molar-refractivity contribution in [3.8, 4) is 0 Å². The predicted octanol–water partition coefficient (Wildman–Crippen LogP) is 5.99. The maximum atomic E-state index is 7.06. The van der Waals surface area contributed by atoms with Crippen molar-refractivity contribution in [2.75, 3.05) is 0 Å². The van der Waals surface area contributed by atoms with E-state index in [1.54, 1.807) is 0 Å². The second-order valence-corrected chi connectivity index (χ2v) is 78.7. The van der Waals surface area contributed by atoms with E-state index in [1.165, 1.54) is 0 Å². The van der Waals surface area contributed by atoms with E-state index in [0.717, 1.165) is 0 Å². The van der Waals surface area contributed by atoms with Crippen LogP contribution in [0.5, 0.6) is 0 Å². The van der Waals surface area contributed by atoms with Crippen molar-refractivity contribution in [1.82, 2.24) is 0 Å². The number of hydrogen-bond donors (Lipinski definition) is 0. The molecule has 0 aromatic rings. The molecule has 0 N–H and O–H groups in total. The Bertz CT molecular complexity index is 324. The van der Waals surface area contributed by atoms with Crippen LogP contribution in [0, 0.1) is 0 Å². The summed E-state index contributed by atoms with van der Waals surface area (Å²) < 4.78 is 0. The molecule has 7 heteroatoms. The molecule has 0 rings (SSSR count). The largest absolute Gasteiger partial charge is 0.171 e. The van der Waals surface area contributed by atoms with Gasteiger partial charge in [0.1, 0.15) is 6.90 Å². The Hall–Kier alpha value is 1.59. The highest BCUT2D eigenvalue weighted by atomic mass is 35.6. The lowest BCUT2D eigenvalue weighted by Crippen LogP contribution is -2.87. The fourth-order valence-corrected chi connectivity index (χ4v) is 155. The van der Waals surface area contributed by atoms with Crippen molar-refractivity contribution in [2.45, 2.75) is 85.1 Å². The minimum Gasteiger partial charge on any atom is -0.171 e. The molecule has 0 nitrogen and oxygen atoms in total. The zero-order valence-corrected chi connectivity index (χ0v) is 23.1. The Balaban J connectivity index is 6.08. The van der Waals surface area contributed by atoms with Crippen LogP contribution in [0.3, 0.4) is 0 Å². The average Bonchev–Trinajstić information content (AvgIpc) is 2.12. The summed E-state index contributed by atoms with van der Waals surface area (Å²) in [6, 6.07) is 0. The first-order chi connectivity index (χ1) is 8.25. The Morgan fingerprint density at radius 2 is 0.650 bits per heavy atom. The molecule has 20 heavy (non-hydrogen) atoms. The summed E-state index contributed by atoms with van der Waals surface area (Å²) >= 11 is 7.06. The van der Waals surface area contributed by atoms with Crippen molar-refractivity contribution in [3.05, 3.63) is 0 Å². The van der Waals surface area contributed by atoms with E-state index in [1.807, 2.05) is 0 Å². The molecular weight excluding hydrogens is 360 g/mol. The fraction of sp³-hybridized carbons (Fsp3) is 1.00. The molecule has 0 unspecified atom stereocenters. The number of hydrogen-bond acceptors (Lipinski definition) is 0. The molecule has 0 aromatic carbocycles. The summed E-state index contributed by atoms with van der Waals surface area (Å²) in [7, 11) is -5.87. The molecule has 0 saturated heterocycles. The Labute approximate surface area is 138 Å². The van der Waals surface area contributed by atoms with Gasteiger partial charge in [-0.2, -0.15) is 11.1 Å². The molecule has 0 aromatic heterocycles. The molecule has 0 fully saturated rings. The third kappa shape index (κ3) is 3.12. The van der Waals surface area contributed by atoms with Crippen molar-refractivity contribution in [3.63, 3.8) is 0 Å². The van der Waals surface area contributed by atoms with Gasteiger partial charge in [0.2, 0.25) is 0 Å². The lowest BCUT2D eigenvalue weighted by molar-refractivity contribution is 1.73. The smallest absolute Gasteiger partial charge is 0.138 e. The SMILES string of the molecule is C[Si](C)(C)[Si](C)(C)[Si](C)(C)[Si](C)(C)[Si](C)(C)[Si](C)(C)Cl. The van der Waals surface area contributed by atoms with Gasteiger partial charge in [-0.15, -0.1) is 0 Å². The van der Waals surface area contributed by atoms with Gasteiger partial charge >= 0.3 is 0 Å². The summed E-state index contributed by atoms with van der Waals surface area (Å²) in [6.07, 6.45) is 0. The van der Waals surface area contributed by atoms with Crippen LogP contribution in [0.2, 0.25) is 85.1 Å². The minimum absolute atomic E-state index is 1.04. The first-order valence-electron chi connectivity index (χ1n) is 7.94. The summed E-state index contributed by atoms with van der Waals surface area (Å²) in [5.74, 6) is 0. The van der Waals surface area contributed by atoms with Crippen molar-refractivity contribution in [1.29, 1.82) is 0 Å². The minimum atomic E-state index is -1.52. The van der Waals surface area contributed by atoms with Gasteiger partial charge in [0.05, 0.1) is 7.11 Å². The van der Waals surface area contributed by atoms with E-state index in [9.17, 15) is 0 Å². The molecule has 0 aliphatic rings. The maximum Gasteiger partial charge on any atom is 0.138 e. The highest BCUT2D eigenvalue weighted by Gasteiger charge is 2.65. The van der Waals surface area contributed by atoms with Gasteiger partial charge in [-0.05, 0) is 0 Å². The summed E-state index contributed by atoms with van der Waals surface area (Å²) in [5, 5.41) is 0. The molecule has 0 aliphatic heterocycles. The standard InChI is InChI=1S/C13H39ClSi6/c1-15(2,3)17(6,7)19(10,11)20(12,13)18(8,9)16(4,5)14/h1-13H3.